The van der Waals surface area contributed by atoms with Gasteiger partial charge in [0, 0.05) is 24.2 Å². The van der Waals surface area contributed by atoms with E-state index in [1.54, 1.807) is 0 Å². The molecule has 0 saturated heterocycles. The van der Waals surface area contributed by atoms with Crippen LogP contribution in [-0.2, 0) is 4.74 Å². The molecule has 94 valence electrons. The molecular weight excluding hydrogens is 234 g/mol. The minimum absolute atomic E-state index is 0.146. The zero-order valence-corrected chi connectivity index (χ0v) is 11.0. The summed E-state index contributed by atoms with van der Waals surface area (Å²) in [6.07, 6.45) is 3.81. The fraction of sp³-hybridized carbons (Fsp3) is 0.571. The molecule has 1 fully saturated rings. The molecular formula is C14H20ClNO. The number of benzene rings is 1. The topological polar surface area (TPSA) is 21.3 Å². The summed E-state index contributed by atoms with van der Waals surface area (Å²) in [4.78, 5) is 0. The van der Waals surface area contributed by atoms with E-state index in [9.17, 15) is 0 Å². The summed E-state index contributed by atoms with van der Waals surface area (Å²) in [5.41, 5.74) is 1.20. The molecule has 2 rings (SSSR count). The van der Waals surface area contributed by atoms with Gasteiger partial charge in [0.25, 0.3) is 0 Å². The van der Waals surface area contributed by atoms with Crippen molar-refractivity contribution in [2.75, 3.05) is 13.2 Å². The Bertz CT molecular complexity index is 335. The van der Waals surface area contributed by atoms with E-state index >= 15 is 0 Å². The Labute approximate surface area is 108 Å². The van der Waals surface area contributed by atoms with Crippen LogP contribution in [-0.4, -0.2) is 19.2 Å². The average Bonchev–Trinajstić information content (AvgIpc) is 3.15. The minimum Gasteiger partial charge on any atom is -0.372 e. The van der Waals surface area contributed by atoms with Gasteiger partial charge in [-0.2, -0.15) is 0 Å². The summed E-state index contributed by atoms with van der Waals surface area (Å²) in [5.74, 6) is 0. The molecule has 1 atom stereocenters. The molecule has 0 amide bonds. The Balaban J connectivity index is 1.93. The number of rotatable bonds is 7. The van der Waals surface area contributed by atoms with Crippen LogP contribution in [0.5, 0.6) is 0 Å². The van der Waals surface area contributed by atoms with Gasteiger partial charge in [-0.15, -0.1) is 0 Å². The van der Waals surface area contributed by atoms with Crippen molar-refractivity contribution in [1.82, 2.24) is 5.32 Å². The van der Waals surface area contributed by atoms with E-state index in [-0.39, 0.29) is 6.10 Å². The largest absolute Gasteiger partial charge is 0.372 e. The van der Waals surface area contributed by atoms with Gasteiger partial charge in [0.2, 0.25) is 0 Å². The van der Waals surface area contributed by atoms with E-state index in [0.717, 1.165) is 30.6 Å². The van der Waals surface area contributed by atoms with Crippen LogP contribution in [0.4, 0.5) is 0 Å². The maximum absolute atomic E-state index is 5.90. The smallest absolute Gasteiger partial charge is 0.0949 e. The Morgan fingerprint density at radius 3 is 2.65 bits per heavy atom. The third kappa shape index (κ3) is 4.30. The van der Waals surface area contributed by atoms with Gasteiger partial charge in [-0.1, -0.05) is 30.7 Å². The van der Waals surface area contributed by atoms with Crippen LogP contribution in [0.1, 0.15) is 37.9 Å². The fourth-order valence-corrected chi connectivity index (χ4v) is 1.90. The summed E-state index contributed by atoms with van der Waals surface area (Å²) in [5, 5.41) is 4.30. The Morgan fingerprint density at radius 1 is 1.35 bits per heavy atom. The minimum atomic E-state index is 0.146. The Hall–Kier alpha value is -0.570. The van der Waals surface area contributed by atoms with Crippen LogP contribution >= 0.6 is 11.6 Å². The molecule has 17 heavy (non-hydrogen) atoms. The number of hydrogen-bond donors (Lipinski definition) is 1. The van der Waals surface area contributed by atoms with Gasteiger partial charge in [0.15, 0.2) is 0 Å². The van der Waals surface area contributed by atoms with Crippen LogP contribution < -0.4 is 5.32 Å². The lowest BCUT2D eigenvalue weighted by Crippen LogP contribution is -2.25. The second-order valence-corrected chi connectivity index (χ2v) is 5.03. The summed E-state index contributed by atoms with van der Waals surface area (Å²) in [6.45, 7) is 3.83. The van der Waals surface area contributed by atoms with E-state index in [2.05, 4.69) is 24.4 Å². The van der Waals surface area contributed by atoms with Crippen molar-refractivity contribution < 1.29 is 4.74 Å². The highest BCUT2D eigenvalue weighted by molar-refractivity contribution is 6.30. The summed E-state index contributed by atoms with van der Waals surface area (Å²) in [6, 6.07) is 8.68. The SMILES string of the molecule is CCCOC(CNC1CC1)c1ccc(Cl)cc1. The van der Waals surface area contributed by atoms with Crippen molar-refractivity contribution in [2.45, 2.75) is 38.3 Å². The second-order valence-electron chi connectivity index (χ2n) is 4.59. The molecule has 0 aliphatic heterocycles. The van der Waals surface area contributed by atoms with Crippen LogP contribution in [0.25, 0.3) is 0 Å². The van der Waals surface area contributed by atoms with Crippen molar-refractivity contribution in [3.8, 4) is 0 Å². The van der Waals surface area contributed by atoms with Crippen LogP contribution in [0.3, 0.4) is 0 Å². The molecule has 0 radical (unpaired) electrons. The van der Waals surface area contributed by atoms with Gasteiger partial charge in [0.05, 0.1) is 6.10 Å². The van der Waals surface area contributed by atoms with E-state index in [1.165, 1.54) is 18.4 Å². The molecule has 1 aliphatic rings. The first kappa shape index (κ1) is 12.9. The first-order chi connectivity index (χ1) is 8.29. The number of hydrogen-bond acceptors (Lipinski definition) is 2. The molecule has 0 bridgehead atoms. The molecule has 3 heteroatoms. The maximum atomic E-state index is 5.90. The highest BCUT2D eigenvalue weighted by atomic mass is 35.5. The van der Waals surface area contributed by atoms with Crippen LogP contribution in [0.2, 0.25) is 5.02 Å². The summed E-state index contributed by atoms with van der Waals surface area (Å²) >= 11 is 5.90. The molecule has 1 N–H and O–H groups in total. The molecule has 0 heterocycles. The van der Waals surface area contributed by atoms with Crippen LogP contribution in [0, 0.1) is 0 Å². The van der Waals surface area contributed by atoms with Gasteiger partial charge in [-0.05, 0) is 37.0 Å². The number of nitrogens with one attached hydrogen (secondary N) is 1. The van der Waals surface area contributed by atoms with Gasteiger partial charge < -0.3 is 10.1 Å². The Kier molecular flexibility index (Phi) is 4.84. The molecule has 1 aliphatic carbocycles. The average molecular weight is 254 g/mol. The maximum Gasteiger partial charge on any atom is 0.0949 e. The van der Waals surface area contributed by atoms with E-state index in [0.29, 0.717) is 0 Å². The molecule has 1 unspecified atom stereocenters. The molecule has 2 nitrogen and oxygen atoms in total. The summed E-state index contributed by atoms with van der Waals surface area (Å²) < 4.78 is 5.89. The zero-order valence-electron chi connectivity index (χ0n) is 10.3. The quantitative estimate of drug-likeness (QED) is 0.802. The van der Waals surface area contributed by atoms with Gasteiger partial charge >= 0.3 is 0 Å². The lowest BCUT2D eigenvalue weighted by atomic mass is 10.1. The third-order valence-electron chi connectivity index (χ3n) is 2.93. The van der Waals surface area contributed by atoms with Gasteiger partial charge in [-0.3, -0.25) is 0 Å². The predicted molar refractivity (Wildman–Crippen MR) is 71.5 cm³/mol. The third-order valence-corrected chi connectivity index (χ3v) is 3.19. The standard InChI is InChI=1S/C14H20ClNO/c1-2-9-17-14(10-16-13-7-8-13)11-3-5-12(15)6-4-11/h3-6,13-14,16H,2,7-10H2,1H3. The monoisotopic (exact) mass is 253 g/mol. The molecule has 0 aromatic heterocycles. The van der Waals surface area contributed by atoms with Gasteiger partial charge in [-0.25, -0.2) is 0 Å². The highest BCUT2D eigenvalue weighted by Gasteiger charge is 2.22. The molecule has 0 spiro atoms. The van der Waals surface area contributed by atoms with Crippen molar-refractivity contribution in [1.29, 1.82) is 0 Å². The first-order valence-corrected chi connectivity index (χ1v) is 6.78. The second kappa shape index (κ2) is 6.39. The number of halogens is 1. The Morgan fingerprint density at radius 2 is 2.06 bits per heavy atom. The van der Waals surface area contributed by atoms with Crippen molar-refractivity contribution in [3.05, 3.63) is 34.9 Å². The molecule has 1 aromatic rings. The normalized spacial score (nSPS) is 17.1. The first-order valence-electron chi connectivity index (χ1n) is 6.40. The van der Waals surface area contributed by atoms with Crippen molar-refractivity contribution >= 4 is 11.6 Å². The zero-order chi connectivity index (χ0) is 12.1. The van der Waals surface area contributed by atoms with E-state index in [4.69, 9.17) is 16.3 Å². The lowest BCUT2D eigenvalue weighted by molar-refractivity contribution is 0.0527. The van der Waals surface area contributed by atoms with E-state index in [1.807, 2.05) is 12.1 Å². The summed E-state index contributed by atoms with van der Waals surface area (Å²) in [7, 11) is 0. The molecule has 1 aromatic carbocycles. The van der Waals surface area contributed by atoms with E-state index < -0.39 is 0 Å². The highest BCUT2D eigenvalue weighted by Crippen LogP contribution is 2.23. The van der Waals surface area contributed by atoms with Crippen molar-refractivity contribution in [2.24, 2.45) is 0 Å². The fourth-order valence-electron chi connectivity index (χ4n) is 1.77. The lowest BCUT2D eigenvalue weighted by Gasteiger charge is -2.18. The number of ether oxygens (including phenoxy) is 1. The predicted octanol–water partition coefficient (Wildman–Crippen LogP) is 3.56. The van der Waals surface area contributed by atoms with Crippen LogP contribution in [0.15, 0.2) is 24.3 Å². The van der Waals surface area contributed by atoms with Crippen molar-refractivity contribution in [3.63, 3.8) is 0 Å². The van der Waals surface area contributed by atoms with Gasteiger partial charge in [0.1, 0.15) is 0 Å². The molecule has 1 saturated carbocycles.